The summed E-state index contributed by atoms with van der Waals surface area (Å²) in [5.74, 6) is 0. The Morgan fingerprint density at radius 1 is 0.762 bits per heavy atom. The largest absolute Gasteiger partial charge is 0.373 e. The van der Waals surface area contributed by atoms with Crippen LogP contribution < -0.4 is 0 Å². The molecule has 0 aromatic rings. The second-order valence-electron chi connectivity index (χ2n) is 5.92. The summed E-state index contributed by atoms with van der Waals surface area (Å²) in [5.41, 5.74) is -0.465. The third kappa shape index (κ3) is 9.66. The van der Waals surface area contributed by atoms with Gasteiger partial charge in [-0.25, -0.2) is 0 Å². The van der Waals surface area contributed by atoms with E-state index in [-0.39, 0.29) is 6.10 Å². The van der Waals surface area contributed by atoms with Gasteiger partial charge in [0.25, 0.3) is 0 Å². The molecule has 3 nitrogen and oxygen atoms in total. The van der Waals surface area contributed by atoms with Gasteiger partial charge in [0.05, 0.1) is 10.2 Å². The van der Waals surface area contributed by atoms with Crippen LogP contribution in [0.2, 0.25) is 0 Å². The van der Waals surface area contributed by atoms with Crippen molar-refractivity contribution in [2.45, 2.75) is 90.6 Å². The van der Waals surface area contributed by atoms with E-state index in [9.17, 15) is 0 Å². The van der Waals surface area contributed by atoms with Gasteiger partial charge < -0.3 is 14.2 Å². The first-order valence-corrected chi connectivity index (χ1v) is 10.0. The molecule has 0 aromatic heterocycles. The number of hydrogen-bond acceptors (Lipinski definition) is 3. The highest BCUT2D eigenvalue weighted by atomic mass is 28.1. The third-order valence-electron chi connectivity index (χ3n) is 3.61. The summed E-state index contributed by atoms with van der Waals surface area (Å²) in [6.07, 6.45) is 9.30. The maximum atomic E-state index is 6.12. The highest BCUT2D eigenvalue weighted by molar-refractivity contribution is 6.13. The average Bonchev–Trinajstić information content (AvgIpc) is 2.50. The Morgan fingerprint density at radius 3 is 1.81 bits per heavy atom. The van der Waals surface area contributed by atoms with Crippen LogP contribution in [0.25, 0.3) is 0 Å². The lowest BCUT2D eigenvalue weighted by Crippen LogP contribution is -2.50. The Labute approximate surface area is 135 Å². The van der Waals surface area contributed by atoms with Crippen LogP contribution in [0, 0.1) is 0 Å². The molecule has 0 saturated carbocycles. The van der Waals surface area contributed by atoms with E-state index >= 15 is 0 Å². The molecule has 0 bridgehead atoms. The highest BCUT2D eigenvalue weighted by Gasteiger charge is 2.36. The van der Waals surface area contributed by atoms with E-state index < -0.39 is 5.41 Å². The van der Waals surface area contributed by atoms with Crippen molar-refractivity contribution in [3.8, 4) is 0 Å². The molecule has 128 valence electrons. The summed E-state index contributed by atoms with van der Waals surface area (Å²) < 4.78 is 18.3. The van der Waals surface area contributed by atoms with Crippen molar-refractivity contribution in [2.24, 2.45) is 0 Å². The van der Waals surface area contributed by atoms with E-state index in [4.69, 9.17) is 14.2 Å². The van der Waals surface area contributed by atoms with E-state index in [0.29, 0.717) is 0 Å². The topological polar surface area (TPSA) is 27.7 Å². The van der Waals surface area contributed by atoms with Crippen LogP contribution in [0.1, 0.15) is 79.1 Å². The lowest BCUT2D eigenvalue weighted by atomic mass is 10.1. The minimum Gasteiger partial charge on any atom is -0.373 e. The molecule has 0 radical (unpaired) electrons. The lowest BCUT2D eigenvalue weighted by molar-refractivity contribution is -0.241. The van der Waals surface area contributed by atoms with Gasteiger partial charge in [0, 0.05) is 19.8 Å². The number of hydrogen-bond donors (Lipinski definition) is 0. The molecule has 4 heteroatoms. The zero-order valence-electron chi connectivity index (χ0n) is 15.1. The summed E-state index contributed by atoms with van der Waals surface area (Å²) >= 11 is 0. The predicted molar refractivity (Wildman–Crippen MR) is 93.9 cm³/mol. The summed E-state index contributed by atoms with van der Waals surface area (Å²) in [6, 6.07) is 0. The van der Waals surface area contributed by atoms with Crippen LogP contribution in [-0.4, -0.2) is 41.6 Å². The summed E-state index contributed by atoms with van der Waals surface area (Å²) in [5, 5.41) is 0. The molecule has 0 heterocycles. The average molecular weight is 319 g/mol. The smallest absolute Gasteiger partial charge is 0.166 e. The van der Waals surface area contributed by atoms with Gasteiger partial charge in [0.15, 0.2) is 5.41 Å². The van der Waals surface area contributed by atoms with E-state index in [1.54, 1.807) is 0 Å². The minimum absolute atomic E-state index is 0.0964. The quantitative estimate of drug-likeness (QED) is 0.262. The molecule has 0 N–H and O–H groups in total. The van der Waals surface area contributed by atoms with Crippen molar-refractivity contribution >= 4 is 10.2 Å². The molecule has 0 aliphatic rings. The van der Waals surface area contributed by atoms with E-state index in [0.717, 1.165) is 55.7 Å². The molecule has 0 rings (SSSR count). The fourth-order valence-electron chi connectivity index (χ4n) is 2.35. The normalized spacial score (nSPS) is 13.7. The monoisotopic (exact) mass is 318 g/mol. The van der Waals surface area contributed by atoms with Gasteiger partial charge in [-0.1, -0.05) is 53.4 Å². The van der Waals surface area contributed by atoms with Crippen LogP contribution in [0.5, 0.6) is 0 Å². The standard InChI is InChI=1S/C17H38O3Si/c1-5-9-10-11-12-16(18-13-6-2)17(21,19-14-7-3)20-15-8-4/h16H,5-15H2,1-4,21H3. The molecule has 21 heavy (non-hydrogen) atoms. The summed E-state index contributed by atoms with van der Waals surface area (Å²) in [7, 11) is 0.847. The number of ether oxygens (including phenoxy) is 3. The Hall–Kier alpha value is 0.0969. The van der Waals surface area contributed by atoms with Crippen molar-refractivity contribution in [2.75, 3.05) is 19.8 Å². The van der Waals surface area contributed by atoms with Crippen molar-refractivity contribution < 1.29 is 14.2 Å². The summed E-state index contributed by atoms with van der Waals surface area (Å²) in [4.78, 5) is 0. The Kier molecular flexibility index (Phi) is 13.8. The van der Waals surface area contributed by atoms with Gasteiger partial charge in [0.1, 0.15) is 6.10 Å². The molecular weight excluding hydrogens is 280 g/mol. The van der Waals surface area contributed by atoms with E-state index in [2.05, 4.69) is 27.7 Å². The molecule has 0 spiro atoms. The fraction of sp³-hybridized carbons (Fsp3) is 1.00. The van der Waals surface area contributed by atoms with Crippen molar-refractivity contribution in [1.82, 2.24) is 0 Å². The van der Waals surface area contributed by atoms with E-state index in [1.807, 2.05) is 0 Å². The zero-order valence-corrected chi connectivity index (χ0v) is 17.1. The maximum Gasteiger partial charge on any atom is 0.166 e. The minimum atomic E-state index is -0.465. The van der Waals surface area contributed by atoms with Gasteiger partial charge in [0.2, 0.25) is 0 Å². The van der Waals surface area contributed by atoms with Crippen LogP contribution in [-0.2, 0) is 14.2 Å². The van der Waals surface area contributed by atoms with Gasteiger partial charge in [-0.2, -0.15) is 0 Å². The first kappa shape index (κ1) is 21.1. The molecule has 1 atom stereocenters. The first-order chi connectivity index (χ1) is 10.1. The SMILES string of the molecule is CCCCCCC(OCCC)C([SiH3])(OCCC)OCCC. The number of unbranched alkanes of at least 4 members (excludes halogenated alkanes) is 3. The van der Waals surface area contributed by atoms with Crippen molar-refractivity contribution in [1.29, 1.82) is 0 Å². The van der Waals surface area contributed by atoms with Crippen molar-refractivity contribution in [3.05, 3.63) is 0 Å². The Morgan fingerprint density at radius 2 is 1.33 bits per heavy atom. The molecule has 0 aliphatic heterocycles. The molecular formula is C17H38O3Si. The third-order valence-corrected chi connectivity index (χ3v) is 4.83. The Balaban J connectivity index is 4.62. The second kappa shape index (κ2) is 13.7. The summed E-state index contributed by atoms with van der Waals surface area (Å²) in [6.45, 7) is 11.0. The molecule has 0 fully saturated rings. The molecule has 0 saturated heterocycles. The van der Waals surface area contributed by atoms with Crippen LogP contribution in [0.4, 0.5) is 0 Å². The maximum absolute atomic E-state index is 6.12. The molecule has 0 aliphatic carbocycles. The molecule has 0 aromatic carbocycles. The van der Waals surface area contributed by atoms with Crippen LogP contribution in [0.15, 0.2) is 0 Å². The van der Waals surface area contributed by atoms with Crippen molar-refractivity contribution in [3.63, 3.8) is 0 Å². The zero-order chi connectivity index (χ0) is 16.0. The van der Waals surface area contributed by atoms with Gasteiger partial charge in [-0.15, -0.1) is 0 Å². The van der Waals surface area contributed by atoms with Crippen LogP contribution >= 0.6 is 0 Å². The highest BCUT2D eigenvalue weighted by Crippen LogP contribution is 2.24. The lowest BCUT2D eigenvalue weighted by Gasteiger charge is -2.38. The number of rotatable bonds is 15. The van der Waals surface area contributed by atoms with Gasteiger partial charge in [-0.3, -0.25) is 0 Å². The Bertz CT molecular complexity index is 216. The van der Waals surface area contributed by atoms with Gasteiger partial charge in [-0.05, 0) is 25.7 Å². The van der Waals surface area contributed by atoms with Gasteiger partial charge >= 0.3 is 0 Å². The van der Waals surface area contributed by atoms with Crippen LogP contribution in [0.3, 0.4) is 0 Å². The fourth-order valence-corrected chi connectivity index (χ4v) is 3.21. The first-order valence-electron chi connectivity index (χ1n) is 9.04. The van der Waals surface area contributed by atoms with E-state index in [1.165, 1.54) is 25.7 Å². The second-order valence-corrected chi connectivity index (χ2v) is 7.32. The predicted octanol–water partition coefficient (Wildman–Crippen LogP) is 3.62. The molecule has 0 amide bonds. The molecule has 1 unspecified atom stereocenters.